The van der Waals surface area contributed by atoms with E-state index >= 15 is 0 Å². The molecule has 0 bridgehead atoms. The van der Waals surface area contributed by atoms with E-state index in [1.807, 2.05) is 54.6 Å². The van der Waals surface area contributed by atoms with Crippen molar-refractivity contribution >= 4 is 28.9 Å². The molecule has 0 spiro atoms. The number of aliphatic hydroxyl groups is 1. The van der Waals surface area contributed by atoms with Gasteiger partial charge in [0.2, 0.25) is 0 Å². The molecule has 0 aliphatic carbocycles. The van der Waals surface area contributed by atoms with Gasteiger partial charge in [0.25, 0.3) is 5.91 Å². The van der Waals surface area contributed by atoms with Crippen LogP contribution in [0.15, 0.2) is 78.9 Å². The summed E-state index contributed by atoms with van der Waals surface area (Å²) in [6.45, 7) is 0.0947. The summed E-state index contributed by atoms with van der Waals surface area (Å²) in [7, 11) is 0. The highest BCUT2D eigenvalue weighted by Crippen LogP contribution is 2.43. The number of fused-ring (bicyclic) bond motifs is 1. The van der Waals surface area contributed by atoms with Crippen LogP contribution < -0.4 is 10.2 Å². The second kappa shape index (κ2) is 7.06. The minimum Gasteiger partial charge on any atom is -0.393 e. The summed E-state index contributed by atoms with van der Waals surface area (Å²) < 4.78 is 0. The molecule has 4 nitrogen and oxygen atoms in total. The number of hydrogen-bond acceptors (Lipinski definition) is 3. The molecule has 0 radical (unpaired) electrons. The van der Waals surface area contributed by atoms with Gasteiger partial charge in [-0.25, -0.2) is 0 Å². The minimum atomic E-state index is -1.22. The first-order valence-corrected chi connectivity index (χ1v) is 9.12. The van der Waals surface area contributed by atoms with Crippen molar-refractivity contribution in [1.82, 2.24) is 0 Å². The van der Waals surface area contributed by atoms with Crippen molar-refractivity contribution in [2.45, 2.75) is 12.1 Å². The predicted octanol–water partition coefficient (Wildman–Crippen LogP) is 4.19. The maximum Gasteiger partial charge on any atom is 0.260 e. The Morgan fingerprint density at radius 3 is 2.30 bits per heavy atom. The second-order valence-electron chi connectivity index (χ2n) is 6.59. The summed E-state index contributed by atoms with van der Waals surface area (Å²) in [5.74, 6) is -0.176. The van der Waals surface area contributed by atoms with E-state index in [0.717, 1.165) is 22.5 Å². The molecular weight excluding hydrogens is 360 g/mol. The summed E-state index contributed by atoms with van der Waals surface area (Å²) in [5.41, 5.74) is 2.10. The van der Waals surface area contributed by atoms with Crippen molar-refractivity contribution in [2.24, 2.45) is 0 Å². The summed E-state index contributed by atoms with van der Waals surface area (Å²) in [4.78, 5) is 15.2. The third-order valence-electron chi connectivity index (χ3n) is 4.89. The molecule has 0 saturated heterocycles. The highest BCUT2D eigenvalue weighted by molar-refractivity contribution is 6.30. The molecule has 4 rings (SSSR count). The summed E-state index contributed by atoms with van der Waals surface area (Å²) in [5, 5.41) is 14.2. The lowest BCUT2D eigenvalue weighted by atomic mass is 9.91. The predicted molar refractivity (Wildman–Crippen MR) is 108 cm³/mol. The number of nitrogens with zero attached hydrogens (tertiary/aromatic N) is 1. The molecule has 1 amide bonds. The van der Waals surface area contributed by atoms with Crippen molar-refractivity contribution in [3.8, 4) is 0 Å². The number of carbonyl (C=O) groups excluding carboxylic acids is 1. The number of para-hydroxylation sites is 1. The fourth-order valence-electron chi connectivity index (χ4n) is 3.54. The van der Waals surface area contributed by atoms with Crippen molar-refractivity contribution in [3.05, 3.63) is 95.0 Å². The van der Waals surface area contributed by atoms with Gasteiger partial charge in [-0.1, -0.05) is 60.1 Å². The van der Waals surface area contributed by atoms with Gasteiger partial charge in [0, 0.05) is 16.3 Å². The van der Waals surface area contributed by atoms with E-state index in [9.17, 15) is 9.90 Å². The second-order valence-corrected chi connectivity index (χ2v) is 7.03. The summed E-state index contributed by atoms with van der Waals surface area (Å²) in [6.07, 6.45) is 0. The Morgan fingerprint density at radius 2 is 1.59 bits per heavy atom. The number of anilines is 2. The number of nitrogens with one attached hydrogen (secondary N) is 1. The van der Waals surface area contributed by atoms with Crippen LogP contribution in [0.25, 0.3) is 0 Å². The van der Waals surface area contributed by atoms with Gasteiger partial charge in [0.1, 0.15) is 0 Å². The van der Waals surface area contributed by atoms with Crippen LogP contribution in [0.1, 0.15) is 11.1 Å². The molecule has 3 aromatic rings. The van der Waals surface area contributed by atoms with E-state index in [4.69, 9.17) is 11.6 Å². The molecule has 1 unspecified atom stereocenters. The van der Waals surface area contributed by atoms with Crippen molar-refractivity contribution in [1.29, 1.82) is 0 Å². The Balaban J connectivity index is 1.75. The molecule has 0 aromatic heterocycles. The van der Waals surface area contributed by atoms with E-state index in [2.05, 4.69) is 5.32 Å². The monoisotopic (exact) mass is 378 g/mol. The number of aliphatic hydroxyl groups excluding tert-OH is 1. The molecule has 1 heterocycles. The van der Waals surface area contributed by atoms with E-state index in [-0.39, 0.29) is 12.5 Å². The van der Waals surface area contributed by atoms with Gasteiger partial charge in [-0.3, -0.25) is 4.79 Å². The molecule has 0 fully saturated rings. The average molecular weight is 379 g/mol. The Labute approximate surface area is 163 Å². The highest BCUT2D eigenvalue weighted by atomic mass is 35.5. The van der Waals surface area contributed by atoms with E-state index in [0.29, 0.717) is 11.6 Å². The maximum absolute atomic E-state index is 13.5. The third kappa shape index (κ3) is 3.07. The highest BCUT2D eigenvalue weighted by Gasteiger charge is 2.50. The Morgan fingerprint density at radius 1 is 0.926 bits per heavy atom. The molecule has 3 aromatic carbocycles. The molecule has 5 heteroatoms. The standard InChI is InChI=1S/C22H19ClN2O2/c23-17-10-12-18(13-11-17)24-22(15-26)19-8-4-5-9-20(19)25(21(22)27)14-16-6-2-1-3-7-16/h1-13,24,26H,14-15H2. The first kappa shape index (κ1) is 17.6. The lowest BCUT2D eigenvalue weighted by Crippen LogP contribution is -2.48. The van der Waals surface area contributed by atoms with Crippen molar-refractivity contribution in [3.63, 3.8) is 0 Å². The van der Waals surface area contributed by atoms with Crippen molar-refractivity contribution < 1.29 is 9.90 Å². The van der Waals surface area contributed by atoms with Crippen molar-refractivity contribution in [2.75, 3.05) is 16.8 Å². The number of halogens is 1. The molecule has 27 heavy (non-hydrogen) atoms. The topological polar surface area (TPSA) is 52.6 Å². The van der Waals surface area contributed by atoms with Crippen LogP contribution in [0.2, 0.25) is 5.02 Å². The molecular formula is C22H19ClN2O2. The number of rotatable bonds is 5. The average Bonchev–Trinajstić information content (AvgIpc) is 2.94. The largest absolute Gasteiger partial charge is 0.393 e. The molecule has 2 N–H and O–H groups in total. The SMILES string of the molecule is O=C1N(Cc2ccccc2)c2ccccc2C1(CO)Nc1ccc(Cl)cc1. The quantitative estimate of drug-likeness (QED) is 0.700. The molecule has 0 saturated carbocycles. The summed E-state index contributed by atoms with van der Waals surface area (Å²) in [6, 6.07) is 24.5. The fraction of sp³-hybridized carbons (Fsp3) is 0.136. The molecule has 136 valence electrons. The van der Waals surface area contributed by atoms with Gasteiger partial charge < -0.3 is 15.3 Å². The maximum atomic E-state index is 13.5. The Kier molecular flexibility index (Phi) is 4.60. The van der Waals surface area contributed by atoms with E-state index in [1.165, 1.54) is 0 Å². The van der Waals surface area contributed by atoms with Crippen LogP contribution in [0.4, 0.5) is 11.4 Å². The molecule has 1 atom stereocenters. The van der Waals surface area contributed by atoms with E-state index in [1.54, 1.807) is 29.2 Å². The van der Waals surface area contributed by atoms with Crippen LogP contribution in [0.5, 0.6) is 0 Å². The first-order valence-electron chi connectivity index (χ1n) is 8.74. The zero-order chi connectivity index (χ0) is 18.9. The zero-order valence-electron chi connectivity index (χ0n) is 14.6. The number of hydrogen-bond donors (Lipinski definition) is 2. The van der Waals surface area contributed by atoms with Gasteiger partial charge in [0.15, 0.2) is 5.54 Å². The number of amides is 1. The Bertz CT molecular complexity index is 960. The van der Waals surface area contributed by atoms with Crippen LogP contribution >= 0.6 is 11.6 Å². The van der Waals surface area contributed by atoms with Crippen LogP contribution in [0.3, 0.4) is 0 Å². The van der Waals surface area contributed by atoms with Gasteiger partial charge in [-0.2, -0.15) is 0 Å². The number of carbonyl (C=O) groups is 1. The fourth-order valence-corrected chi connectivity index (χ4v) is 3.67. The van der Waals surface area contributed by atoms with Crippen LogP contribution in [0, 0.1) is 0 Å². The smallest absolute Gasteiger partial charge is 0.260 e. The van der Waals surface area contributed by atoms with Gasteiger partial charge >= 0.3 is 0 Å². The third-order valence-corrected chi connectivity index (χ3v) is 5.14. The van der Waals surface area contributed by atoms with Gasteiger partial charge in [0.05, 0.1) is 18.8 Å². The lowest BCUT2D eigenvalue weighted by molar-refractivity contribution is -0.123. The zero-order valence-corrected chi connectivity index (χ0v) is 15.4. The lowest BCUT2D eigenvalue weighted by Gasteiger charge is -2.29. The minimum absolute atomic E-state index is 0.176. The molecule has 1 aliphatic heterocycles. The molecule has 1 aliphatic rings. The first-order chi connectivity index (χ1) is 13.1. The normalized spacial score (nSPS) is 18.4. The van der Waals surface area contributed by atoms with E-state index < -0.39 is 5.54 Å². The van der Waals surface area contributed by atoms with Crippen LogP contribution in [-0.4, -0.2) is 17.6 Å². The Hall–Kier alpha value is -2.82. The van der Waals surface area contributed by atoms with Gasteiger partial charge in [-0.15, -0.1) is 0 Å². The summed E-state index contributed by atoms with van der Waals surface area (Å²) >= 11 is 5.97. The number of benzene rings is 3. The van der Waals surface area contributed by atoms with Crippen LogP contribution in [-0.2, 0) is 16.9 Å². The van der Waals surface area contributed by atoms with Gasteiger partial charge in [-0.05, 0) is 35.9 Å².